The Bertz CT molecular complexity index is 1260. The normalized spacial score (nSPS) is 14.2. The van der Waals surface area contributed by atoms with Gasteiger partial charge in [0, 0.05) is 35.0 Å². The minimum absolute atomic E-state index is 0.0472. The fourth-order valence-corrected chi connectivity index (χ4v) is 3.51. The van der Waals surface area contributed by atoms with Crippen molar-refractivity contribution in [2.75, 3.05) is 5.32 Å². The standard InChI is InChI=1S/C19H13N5O4S/c25-15-6-2-4-13(9-15)21-18-16(29-19(26)22-18)8-12-10-20-23-17(12)11-3-1-5-14(7-11)24(27)28/h1-10,21,25H,(H,22,26). The molecule has 0 atom stereocenters. The number of nitro benzene ring substituents is 1. The van der Waals surface area contributed by atoms with Crippen molar-refractivity contribution < 1.29 is 10.0 Å². The Morgan fingerprint density at radius 2 is 2.03 bits per heavy atom. The van der Waals surface area contributed by atoms with Gasteiger partial charge in [0.25, 0.3) is 5.69 Å². The number of rotatable bonds is 5. The van der Waals surface area contributed by atoms with Gasteiger partial charge in [-0.2, -0.15) is 5.10 Å². The number of hydrogen-bond acceptors (Lipinski definition) is 8. The molecule has 0 amide bonds. The monoisotopic (exact) mass is 407 g/mol. The van der Waals surface area contributed by atoms with Gasteiger partial charge in [-0.25, -0.2) is 0 Å². The highest BCUT2D eigenvalue weighted by Crippen LogP contribution is 2.27. The molecular formula is C19H13N5O4S. The number of benzene rings is 2. The molecule has 3 aromatic rings. The van der Waals surface area contributed by atoms with E-state index in [0.717, 1.165) is 11.3 Å². The number of H-pyrrole nitrogens is 1. The fourth-order valence-electron chi connectivity index (χ4n) is 2.77. The maximum atomic E-state index is 11.9. The van der Waals surface area contributed by atoms with Crippen molar-refractivity contribution in [3.8, 4) is 5.75 Å². The molecule has 0 spiro atoms. The van der Waals surface area contributed by atoms with Gasteiger partial charge in [-0.05, 0) is 18.2 Å². The van der Waals surface area contributed by atoms with Gasteiger partial charge >= 0.3 is 4.87 Å². The summed E-state index contributed by atoms with van der Waals surface area (Å²) >= 11 is 0.993. The van der Waals surface area contributed by atoms with Crippen molar-refractivity contribution in [1.29, 1.82) is 0 Å². The zero-order valence-corrected chi connectivity index (χ0v) is 15.5. The molecule has 9 nitrogen and oxygen atoms in total. The molecule has 0 radical (unpaired) electrons. The van der Waals surface area contributed by atoms with Crippen LogP contribution < -0.4 is 10.2 Å². The summed E-state index contributed by atoms with van der Waals surface area (Å²) in [5.41, 5.74) is 2.19. The highest BCUT2D eigenvalue weighted by Gasteiger charge is 2.18. The number of nitro groups is 1. The predicted octanol–water partition coefficient (Wildman–Crippen LogP) is 3.67. The summed E-state index contributed by atoms with van der Waals surface area (Å²) in [4.78, 5) is 25.5. The van der Waals surface area contributed by atoms with Crippen LogP contribution in [0, 0.1) is 10.1 Å². The molecule has 0 unspecified atom stereocenters. The molecule has 0 fully saturated rings. The average Bonchev–Trinajstić information content (AvgIpc) is 3.28. The molecule has 1 aliphatic heterocycles. The molecule has 0 aliphatic carbocycles. The minimum atomic E-state index is -0.474. The van der Waals surface area contributed by atoms with Gasteiger partial charge in [0.05, 0.1) is 16.0 Å². The van der Waals surface area contributed by atoms with Crippen LogP contribution in [0.4, 0.5) is 17.2 Å². The summed E-state index contributed by atoms with van der Waals surface area (Å²) in [7, 11) is 0. The molecule has 4 rings (SSSR count). The number of hydrogen-bond donors (Lipinski definition) is 3. The van der Waals surface area contributed by atoms with Crippen molar-refractivity contribution in [2.24, 2.45) is 10.2 Å². The number of nitrogens with one attached hydrogen (secondary N) is 2. The van der Waals surface area contributed by atoms with Gasteiger partial charge in [-0.15, -0.1) is 5.10 Å². The first-order chi connectivity index (χ1) is 14.0. The summed E-state index contributed by atoms with van der Waals surface area (Å²) in [6.45, 7) is 0. The van der Waals surface area contributed by atoms with E-state index >= 15 is 0 Å². The number of non-ortho nitro benzene ring substituents is 1. The summed E-state index contributed by atoms with van der Waals surface area (Å²) in [5.74, 6) is 0.548. The van der Waals surface area contributed by atoms with Crippen molar-refractivity contribution in [3.63, 3.8) is 0 Å². The van der Waals surface area contributed by atoms with E-state index in [1.54, 1.807) is 36.4 Å². The van der Waals surface area contributed by atoms with E-state index in [4.69, 9.17) is 0 Å². The van der Waals surface area contributed by atoms with Crippen LogP contribution in [0.3, 0.4) is 0 Å². The van der Waals surface area contributed by atoms with Crippen LogP contribution in [-0.2, 0) is 0 Å². The highest BCUT2D eigenvalue weighted by molar-refractivity contribution is 7.10. The van der Waals surface area contributed by atoms with Crippen LogP contribution in [0.1, 0.15) is 10.4 Å². The first-order valence-corrected chi connectivity index (χ1v) is 9.18. The van der Waals surface area contributed by atoms with Gasteiger partial charge < -0.3 is 10.4 Å². The molecule has 0 saturated heterocycles. The van der Waals surface area contributed by atoms with Crippen molar-refractivity contribution in [2.45, 2.75) is 0 Å². The number of anilines is 2. The molecular weight excluding hydrogens is 394 g/mol. The molecule has 0 saturated carbocycles. The maximum Gasteiger partial charge on any atom is 0.306 e. The second-order valence-electron chi connectivity index (χ2n) is 6.03. The number of nitrogens with zero attached hydrogens (tertiary/aromatic N) is 3. The second kappa shape index (κ2) is 7.52. The molecule has 1 aromatic heterocycles. The second-order valence-corrected chi connectivity index (χ2v) is 7.04. The van der Waals surface area contributed by atoms with E-state index in [-0.39, 0.29) is 16.3 Å². The molecule has 10 heteroatoms. The number of aromatic amines is 1. The summed E-state index contributed by atoms with van der Waals surface area (Å²) in [6.07, 6.45) is 3.25. The van der Waals surface area contributed by atoms with Crippen molar-refractivity contribution >= 4 is 46.5 Å². The Labute approximate surface area is 167 Å². The molecule has 2 heterocycles. The first-order valence-electron chi connectivity index (χ1n) is 8.37. The lowest BCUT2D eigenvalue weighted by atomic mass is 10.0. The van der Waals surface area contributed by atoms with E-state index in [1.807, 2.05) is 0 Å². The zero-order valence-electron chi connectivity index (χ0n) is 14.7. The van der Waals surface area contributed by atoms with E-state index in [2.05, 4.69) is 20.5 Å². The van der Waals surface area contributed by atoms with E-state index in [9.17, 15) is 20.0 Å². The van der Waals surface area contributed by atoms with Gasteiger partial charge in [-0.1, -0.05) is 29.5 Å². The number of thiazole rings is 1. The van der Waals surface area contributed by atoms with Crippen LogP contribution in [0.15, 0.2) is 69.1 Å². The number of aromatic nitrogens is 1. The minimum Gasteiger partial charge on any atom is -0.508 e. The Balaban J connectivity index is 1.68. The number of aromatic hydroxyl groups is 1. The lowest BCUT2D eigenvalue weighted by Gasteiger charge is -2.06. The molecule has 2 aromatic carbocycles. The summed E-state index contributed by atoms with van der Waals surface area (Å²) in [5, 5.41) is 31.7. The SMILES string of the molecule is O=c1[nH]c(Nc2cccc(O)c2)c(C=C2C=NN=C2c2cccc([N+](=O)[O-])c2)s1. The highest BCUT2D eigenvalue weighted by atomic mass is 32.1. The topological polar surface area (TPSA) is 133 Å². The number of phenols is 1. The maximum absolute atomic E-state index is 11.9. The lowest BCUT2D eigenvalue weighted by Crippen LogP contribution is -2.03. The van der Waals surface area contributed by atoms with Crippen LogP contribution >= 0.6 is 11.3 Å². The number of phenolic OH excluding ortho intramolecular Hbond substituents is 1. The number of allylic oxidation sites excluding steroid dienone is 1. The first kappa shape index (κ1) is 18.3. The summed E-state index contributed by atoms with van der Waals surface area (Å²) in [6, 6.07) is 12.6. The van der Waals surface area contributed by atoms with Crippen LogP contribution in [0.2, 0.25) is 0 Å². The van der Waals surface area contributed by atoms with Crippen molar-refractivity contribution in [1.82, 2.24) is 4.98 Å². The largest absolute Gasteiger partial charge is 0.508 e. The molecule has 1 aliphatic rings. The molecule has 144 valence electrons. The van der Waals surface area contributed by atoms with E-state index in [0.29, 0.717) is 33.2 Å². The third-order valence-electron chi connectivity index (χ3n) is 4.04. The average molecular weight is 407 g/mol. The van der Waals surface area contributed by atoms with E-state index in [1.165, 1.54) is 24.4 Å². The molecule has 29 heavy (non-hydrogen) atoms. The Morgan fingerprint density at radius 1 is 1.21 bits per heavy atom. The Kier molecular flexibility index (Phi) is 4.75. The van der Waals surface area contributed by atoms with Gasteiger partial charge in [-0.3, -0.25) is 19.9 Å². The van der Waals surface area contributed by atoms with Crippen molar-refractivity contribution in [3.05, 3.63) is 84.3 Å². The molecule has 3 N–H and O–H groups in total. The zero-order chi connectivity index (χ0) is 20.4. The van der Waals surface area contributed by atoms with Gasteiger partial charge in [0.1, 0.15) is 17.3 Å². The quantitative estimate of drug-likeness (QED) is 0.438. The lowest BCUT2D eigenvalue weighted by molar-refractivity contribution is -0.384. The van der Waals surface area contributed by atoms with Gasteiger partial charge in [0.15, 0.2) is 0 Å². The third kappa shape index (κ3) is 3.96. The predicted molar refractivity (Wildman–Crippen MR) is 112 cm³/mol. The van der Waals surface area contributed by atoms with Gasteiger partial charge in [0.2, 0.25) is 0 Å². The van der Waals surface area contributed by atoms with E-state index < -0.39 is 4.92 Å². The molecule has 0 bridgehead atoms. The van der Waals surface area contributed by atoms with Crippen LogP contribution in [0.5, 0.6) is 5.75 Å². The summed E-state index contributed by atoms with van der Waals surface area (Å²) < 4.78 is 0. The Hall–Kier alpha value is -4.05. The fraction of sp³-hybridized carbons (Fsp3) is 0. The smallest absolute Gasteiger partial charge is 0.306 e. The van der Waals surface area contributed by atoms with Crippen LogP contribution in [-0.4, -0.2) is 26.9 Å². The third-order valence-corrected chi connectivity index (χ3v) is 4.87. The Morgan fingerprint density at radius 3 is 2.83 bits per heavy atom. The van der Waals surface area contributed by atoms with Crippen LogP contribution in [0.25, 0.3) is 6.08 Å².